The lowest BCUT2D eigenvalue weighted by Gasteiger charge is -2.29. The molecule has 4 heteroatoms. The Hall–Kier alpha value is -0.610. The van der Waals surface area contributed by atoms with Gasteiger partial charge in [0, 0.05) is 11.6 Å². The molecule has 1 N–H and O–H groups in total. The highest BCUT2D eigenvalue weighted by molar-refractivity contribution is 5.85. The molecule has 19 heavy (non-hydrogen) atoms. The Balaban J connectivity index is 0.00000133. The first-order chi connectivity index (χ1) is 8.78. The summed E-state index contributed by atoms with van der Waals surface area (Å²) in [5, 5.41) is 3.55. The van der Waals surface area contributed by atoms with Crippen molar-refractivity contribution < 1.29 is 9.47 Å². The largest absolute Gasteiger partial charge is 0.343 e. The average Bonchev–Trinajstić information content (AvgIpc) is 2.85. The van der Waals surface area contributed by atoms with Crippen LogP contribution in [0.5, 0.6) is 0 Å². The highest BCUT2D eigenvalue weighted by atomic mass is 35.5. The lowest BCUT2D eigenvalue weighted by Crippen LogP contribution is -2.44. The number of rotatable bonds is 2. The number of benzene rings is 1. The average molecular weight is 284 g/mol. The molecule has 1 aromatic rings. The monoisotopic (exact) mass is 283 g/mol. The number of hydrogen-bond acceptors (Lipinski definition) is 3. The minimum atomic E-state index is -0.578. The number of piperidine rings is 1. The Bertz CT molecular complexity index is 394. The summed E-state index contributed by atoms with van der Waals surface area (Å²) in [6.07, 6.45) is 3.94. The predicted molar refractivity (Wildman–Crippen MR) is 77.5 cm³/mol. The molecule has 3 nitrogen and oxygen atoms in total. The standard InChI is InChI=1S/C15H21NO2.ClH/c1-15(12-7-3-2-4-8-12)17-11-14(18-15)13-9-5-6-10-16-13;/h2-4,7-8,13-14,16H,5-6,9-11H2,1H3;1H. The molecule has 3 rings (SSSR count). The summed E-state index contributed by atoms with van der Waals surface area (Å²) in [7, 11) is 0. The molecule has 2 fully saturated rings. The molecule has 2 heterocycles. The van der Waals surface area contributed by atoms with Gasteiger partial charge in [-0.25, -0.2) is 0 Å². The zero-order valence-electron chi connectivity index (χ0n) is 11.3. The molecular formula is C15H22ClNO2. The molecule has 0 spiro atoms. The fraction of sp³-hybridized carbons (Fsp3) is 0.600. The normalized spacial score (nSPS) is 34.8. The highest BCUT2D eigenvalue weighted by Crippen LogP contribution is 2.35. The van der Waals surface area contributed by atoms with Crippen LogP contribution in [0.25, 0.3) is 0 Å². The molecule has 1 aromatic carbocycles. The van der Waals surface area contributed by atoms with Gasteiger partial charge in [0.15, 0.2) is 5.79 Å². The summed E-state index contributed by atoms with van der Waals surface area (Å²) in [5.74, 6) is -0.578. The van der Waals surface area contributed by atoms with Gasteiger partial charge >= 0.3 is 0 Å². The maximum atomic E-state index is 6.19. The van der Waals surface area contributed by atoms with E-state index in [9.17, 15) is 0 Å². The van der Waals surface area contributed by atoms with Gasteiger partial charge in [-0.3, -0.25) is 0 Å². The van der Waals surface area contributed by atoms with E-state index >= 15 is 0 Å². The Morgan fingerprint density at radius 2 is 2.00 bits per heavy atom. The lowest BCUT2D eigenvalue weighted by molar-refractivity contribution is -0.165. The second kappa shape index (κ2) is 6.23. The summed E-state index contributed by atoms with van der Waals surface area (Å²) < 4.78 is 12.1. The Kier molecular flexibility index (Phi) is 4.85. The first-order valence-corrected chi connectivity index (χ1v) is 6.89. The van der Waals surface area contributed by atoms with E-state index in [1.165, 1.54) is 19.3 Å². The first kappa shape index (κ1) is 14.8. The van der Waals surface area contributed by atoms with Gasteiger partial charge in [-0.1, -0.05) is 36.8 Å². The van der Waals surface area contributed by atoms with Gasteiger partial charge in [-0.15, -0.1) is 12.4 Å². The Morgan fingerprint density at radius 1 is 1.21 bits per heavy atom. The molecule has 3 atom stereocenters. The van der Waals surface area contributed by atoms with E-state index in [0.717, 1.165) is 12.1 Å². The van der Waals surface area contributed by atoms with Crippen molar-refractivity contribution >= 4 is 12.4 Å². The molecule has 3 unspecified atom stereocenters. The van der Waals surface area contributed by atoms with Crippen molar-refractivity contribution in [2.75, 3.05) is 13.2 Å². The molecule has 2 saturated heterocycles. The third-order valence-electron chi connectivity index (χ3n) is 3.99. The van der Waals surface area contributed by atoms with Crippen LogP contribution >= 0.6 is 12.4 Å². The van der Waals surface area contributed by atoms with Crippen LogP contribution in [0.3, 0.4) is 0 Å². The number of ether oxygens (including phenoxy) is 2. The van der Waals surface area contributed by atoms with Crippen molar-refractivity contribution in [3.8, 4) is 0 Å². The smallest absolute Gasteiger partial charge is 0.192 e. The van der Waals surface area contributed by atoms with Gasteiger partial charge in [0.2, 0.25) is 0 Å². The van der Waals surface area contributed by atoms with E-state index in [2.05, 4.69) is 17.4 Å². The molecule has 0 aromatic heterocycles. The van der Waals surface area contributed by atoms with Crippen LogP contribution in [0.2, 0.25) is 0 Å². The topological polar surface area (TPSA) is 30.5 Å². The lowest BCUT2D eigenvalue weighted by atomic mass is 10.0. The van der Waals surface area contributed by atoms with Crippen LogP contribution in [0, 0.1) is 0 Å². The van der Waals surface area contributed by atoms with Crippen molar-refractivity contribution in [2.24, 2.45) is 0 Å². The summed E-state index contributed by atoms with van der Waals surface area (Å²) in [4.78, 5) is 0. The molecule has 0 aliphatic carbocycles. The predicted octanol–water partition coefficient (Wildman–Crippen LogP) is 2.84. The number of nitrogens with one attached hydrogen (secondary N) is 1. The van der Waals surface area contributed by atoms with Crippen LogP contribution in [0.4, 0.5) is 0 Å². The molecule has 2 aliphatic rings. The van der Waals surface area contributed by atoms with E-state index in [4.69, 9.17) is 9.47 Å². The quantitative estimate of drug-likeness (QED) is 0.905. The van der Waals surface area contributed by atoms with Crippen molar-refractivity contribution in [3.05, 3.63) is 35.9 Å². The van der Waals surface area contributed by atoms with Crippen LogP contribution in [0.1, 0.15) is 31.7 Å². The van der Waals surface area contributed by atoms with Crippen molar-refractivity contribution in [1.29, 1.82) is 0 Å². The molecule has 0 radical (unpaired) electrons. The van der Waals surface area contributed by atoms with E-state index in [0.29, 0.717) is 12.6 Å². The zero-order chi connectivity index (χ0) is 12.4. The number of halogens is 1. The Morgan fingerprint density at radius 3 is 2.68 bits per heavy atom. The van der Waals surface area contributed by atoms with Crippen LogP contribution in [0.15, 0.2) is 30.3 Å². The molecular weight excluding hydrogens is 262 g/mol. The van der Waals surface area contributed by atoms with Crippen molar-refractivity contribution in [3.63, 3.8) is 0 Å². The minimum Gasteiger partial charge on any atom is -0.343 e. The maximum absolute atomic E-state index is 6.19. The molecule has 106 valence electrons. The molecule has 2 aliphatic heterocycles. The van der Waals surface area contributed by atoms with Crippen LogP contribution < -0.4 is 5.32 Å². The van der Waals surface area contributed by atoms with Gasteiger partial charge in [0.25, 0.3) is 0 Å². The number of hydrogen-bond donors (Lipinski definition) is 1. The van der Waals surface area contributed by atoms with Gasteiger partial charge in [0.05, 0.1) is 12.7 Å². The second-order valence-corrected chi connectivity index (χ2v) is 5.34. The van der Waals surface area contributed by atoms with Gasteiger partial charge in [0.1, 0.15) is 0 Å². The van der Waals surface area contributed by atoms with Crippen LogP contribution in [-0.2, 0) is 15.3 Å². The third-order valence-corrected chi connectivity index (χ3v) is 3.99. The SMILES string of the molecule is CC1(c2ccccc2)OCC(C2CCCCN2)O1.Cl. The van der Waals surface area contributed by atoms with E-state index < -0.39 is 5.79 Å². The highest BCUT2D eigenvalue weighted by Gasteiger charge is 2.42. The summed E-state index contributed by atoms with van der Waals surface area (Å²) in [6, 6.07) is 10.7. The third kappa shape index (κ3) is 3.11. The molecule has 0 saturated carbocycles. The summed E-state index contributed by atoms with van der Waals surface area (Å²) >= 11 is 0. The van der Waals surface area contributed by atoms with E-state index in [1.807, 2.05) is 25.1 Å². The Labute approximate surface area is 121 Å². The van der Waals surface area contributed by atoms with Crippen molar-refractivity contribution in [1.82, 2.24) is 5.32 Å². The molecule has 0 amide bonds. The minimum absolute atomic E-state index is 0. The first-order valence-electron chi connectivity index (χ1n) is 6.89. The summed E-state index contributed by atoms with van der Waals surface area (Å²) in [6.45, 7) is 3.81. The van der Waals surface area contributed by atoms with Gasteiger partial charge in [-0.05, 0) is 26.3 Å². The second-order valence-electron chi connectivity index (χ2n) is 5.34. The van der Waals surface area contributed by atoms with Gasteiger partial charge < -0.3 is 14.8 Å². The van der Waals surface area contributed by atoms with E-state index in [1.54, 1.807) is 0 Å². The van der Waals surface area contributed by atoms with Crippen molar-refractivity contribution in [2.45, 2.75) is 44.1 Å². The van der Waals surface area contributed by atoms with E-state index in [-0.39, 0.29) is 18.5 Å². The van der Waals surface area contributed by atoms with Gasteiger partial charge in [-0.2, -0.15) is 0 Å². The fourth-order valence-corrected chi connectivity index (χ4v) is 2.88. The summed E-state index contributed by atoms with van der Waals surface area (Å²) in [5.41, 5.74) is 1.10. The van der Waals surface area contributed by atoms with Crippen LogP contribution in [-0.4, -0.2) is 25.3 Å². The molecule has 0 bridgehead atoms. The zero-order valence-corrected chi connectivity index (χ0v) is 12.1. The maximum Gasteiger partial charge on any atom is 0.192 e. The fourth-order valence-electron chi connectivity index (χ4n) is 2.88.